The third-order valence-electron chi connectivity index (χ3n) is 3.08. The Labute approximate surface area is 116 Å². The van der Waals surface area contributed by atoms with Gasteiger partial charge in [0.2, 0.25) is 0 Å². The lowest BCUT2D eigenvalue weighted by Crippen LogP contribution is -2.16. The largest absolute Gasteiger partial charge is 0.485 e. The quantitative estimate of drug-likeness (QED) is 0.882. The molecular formula is C14H15ClN2O2. The summed E-state index contributed by atoms with van der Waals surface area (Å²) in [5.74, 6) is 1.48. The Bertz CT molecular complexity index is 538. The van der Waals surface area contributed by atoms with Crippen molar-refractivity contribution in [2.24, 2.45) is 0 Å². The monoisotopic (exact) mass is 278 g/mol. The first kappa shape index (κ1) is 12.5. The molecule has 1 fully saturated rings. The van der Waals surface area contributed by atoms with Gasteiger partial charge in [-0.05, 0) is 25.0 Å². The molecule has 4 nitrogen and oxygen atoms in total. The Morgan fingerprint density at radius 1 is 1.37 bits per heavy atom. The Hall–Kier alpha value is -1.52. The topological polar surface area (TPSA) is 47.3 Å². The summed E-state index contributed by atoms with van der Waals surface area (Å²) in [6.45, 7) is 1.09. The summed E-state index contributed by atoms with van der Waals surface area (Å²) >= 11 is 6.24. The van der Waals surface area contributed by atoms with Crippen molar-refractivity contribution < 1.29 is 9.26 Å². The van der Waals surface area contributed by atoms with E-state index >= 15 is 0 Å². The summed E-state index contributed by atoms with van der Waals surface area (Å²) in [7, 11) is 0. The Balaban J connectivity index is 1.69. The van der Waals surface area contributed by atoms with E-state index in [1.54, 1.807) is 12.3 Å². The molecule has 2 aromatic rings. The van der Waals surface area contributed by atoms with Crippen LogP contribution in [0.3, 0.4) is 0 Å². The van der Waals surface area contributed by atoms with Gasteiger partial charge in [0, 0.05) is 29.2 Å². The number of ether oxygens (including phenoxy) is 1. The van der Waals surface area contributed by atoms with E-state index < -0.39 is 0 Å². The van der Waals surface area contributed by atoms with Gasteiger partial charge in [0.05, 0.1) is 6.20 Å². The molecule has 0 bridgehead atoms. The number of aromatic nitrogens is 1. The first-order chi connectivity index (χ1) is 9.33. The van der Waals surface area contributed by atoms with E-state index in [4.69, 9.17) is 20.9 Å². The molecule has 1 aliphatic carbocycles. The van der Waals surface area contributed by atoms with E-state index in [2.05, 4.69) is 10.5 Å². The van der Waals surface area contributed by atoms with Crippen LogP contribution in [0.25, 0.3) is 0 Å². The summed E-state index contributed by atoms with van der Waals surface area (Å²) in [5.41, 5.74) is 0.996. The maximum absolute atomic E-state index is 6.24. The molecule has 1 aromatic heterocycles. The van der Waals surface area contributed by atoms with Gasteiger partial charge in [0.1, 0.15) is 12.4 Å². The lowest BCUT2D eigenvalue weighted by molar-refractivity contribution is 0.247. The van der Waals surface area contributed by atoms with E-state index in [-0.39, 0.29) is 0 Å². The lowest BCUT2D eigenvalue weighted by atomic mass is 10.2. The van der Waals surface area contributed by atoms with Gasteiger partial charge < -0.3 is 14.6 Å². The standard InChI is InChI=1S/C14H15ClN2O2/c15-13-2-1-3-14(12(13)8-16-10-4-5-10)18-9-11-6-7-17-19-11/h1-3,6-7,10,16H,4-5,8-9H2. The zero-order valence-electron chi connectivity index (χ0n) is 10.4. The molecule has 0 amide bonds. The molecule has 1 heterocycles. The smallest absolute Gasteiger partial charge is 0.174 e. The van der Waals surface area contributed by atoms with Crippen LogP contribution in [0.5, 0.6) is 5.75 Å². The molecule has 0 atom stereocenters. The van der Waals surface area contributed by atoms with Crippen LogP contribution in [0.4, 0.5) is 0 Å². The molecule has 100 valence electrons. The fourth-order valence-electron chi connectivity index (χ4n) is 1.84. The highest BCUT2D eigenvalue weighted by molar-refractivity contribution is 6.31. The van der Waals surface area contributed by atoms with E-state index in [0.29, 0.717) is 18.4 Å². The molecule has 5 heteroatoms. The minimum Gasteiger partial charge on any atom is -0.485 e. The van der Waals surface area contributed by atoms with Crippen molar-refractivity contribution in [2.45, 2.75) is 32.0 Å². The Morgan fingerprint density at radius 2 is 2.26 bits per heavy atom. The second-order valence-corrected chi connectivity index (χ2v) is 5.05. The molecular weight excluding hydrogens is 264 g/mol. The van der Waals surface area contributed by atoms with Gasteiger partial charge in [0.25, 0.3) is 0 Å². The average Bonchev–Trinajstić information content (AvgIpc) is 3.09. The van der Waals surface area contributed by atoms with E-state index in [1.165, 1.54) is 12.8 Å². The second-order valence-electron chi connectivity index (χ2n) is 4.64. The number of hydrogen-bond acceptors (Lipinski definition) is 4. The van der Waals surface area contributed by atoms with Crippen LogP contribution in [0, 0.1) is 0 Å². The highest BCUT2D eigenvalue weighted by atomic mass is 35.5. The number of nitrogens with zero attached hydrogens (tertiary/aromatic N) is 1. The maximum atomic E-state index is 6.24. The molecule has 1 N–H and O–H groups in total. The van der Waals surface area contributed by atoms with Crippen molar-refractivity contribution in [3.8, 4) is 5.75 Å². The van der Waals surface area contributed by atoms with Crippen LogP contribution in [-0.2, 0) is 13.2 Å². The highest BCUT2D eigenvalue weighted by Crippen LogP contribution is 2.28. The zero-order valence-corrected chi connectivity index (χ0v) is 11.2. The zero-order chi connectivity index (χ0) is 13.1. The van der Waals surface area contributed by atoms with Crippen molar-refractivity contribution in [2.75, 3.05) is 0 Å². The molecule has 3 rings (SSSR count). The summed E-state index contributed by atoms with van der Waals surface area (Å²) in [6, 6.07) is 8.11. The SMILES string of the molecule is Clc1cccc(OCc2ccno2)c1CNC1CC1. The lowest BCUT2D eigenvalue weighted by Gasteiger charge is -2.12. The summed E-state index contributed by atoms with van der Waals surface area (Å²) in [5, 5.41) is 7.82. The number of halogens is 1. The normalized spacial score (nSPS) is 14.6. The van der Waals surface area contributed by atoms with Gasteiger partial charge in [-0.15, -0.1) is 0 Å². The van der Waals surface area contributed by atoms with Crippen LogP contribution >= 0.6 is 11.6 Å². The van der Waals surface area contributed by atoms with Crippen LogP contribution in [0.2, 0.25) is 5.02 Å². The highest BCUT2D eigenvalue weighted by Gasteiger charge is 2.21. The van der Waals surface area contributed by atoms with Crippen molar-refractivity contribution >= 4 is 11.6 Å². The van der Waals surface area contributed by atoms with Crippen molar-refractivity contribution in [1.82, 2.24) is 10.5 Å². The molecule has 19 heavy (non-hydrogen) atoms. The summed E-state index contributed by atoms with van der Waals surface area (Å²) in [4.78, 5) is 0. The van der Waals surface area contributed by atoms with E-state index in [1.807, 2.05) is 18.2 Å². The number of benzene rings is 1. The molecule has 0 saturated heterocycles. The minimum atomic E-state index is 0.358. The fraction of sp³-hybridized carbons (Fsp3) is 0.357. The molecule has 0 unspecified atom stereocenters. The number of nitrogens with one attached hydrogen (secondary N) is 1. The number of rotatable bonds is 6. The fourth-order valence-corrected chi connectivity index (χ4v) is 2.08. The molecule has 0 radical (unpaired) electrons. The van der Waals surface area contributed by atoms with Gasteiger partial charge in [-0.1, -0.05) is 22.8 Å². The molecule has 1 aromatic carbocycles. The van der Waals surface area contributed by atoms with Crippen LogP contribution in [-0.4, -0.2) is 11.2 Å². The number of hydrogen-bond donors (Lipinski definition) is 1. The van der Waals surface area contributed by atoms with Crippen molar-refractivity contribution in [3.05, 3.63) is 46.8 Å². The second kappa shape index (κ2) is 5.63. The van der Waals surface area contributed by atoms with Crippen molar-refractivity contribution in [3.63, 3.8) is 0 Å². The molecule has 0 aliphatic heterocycles. The third kappa shape index (κ3) is 3.28. The minimum absolute atomic E-state index is 0.358. The Morgan fingerprint density at radius 3 is 3.00 bits per heavy atom. The van der Waals surface area contributed by atoms with E-state index in [9.17, 15) is 0 Å². The molecule has 0 spiro atoms. The first-order valence-corrected chi connectivity index (χ1v) is 6.74. The van der Waals surface area contributed by atoms with Crippen LogP contribution in [0.15, 0.2) is 35.0 Å². The van der Waals surface area contributed by atoms with Gasteiger partial charge in [0.15, 0.2) is 5.76 Å². The molecule has 1 aliphatic rings. The average molecular weight is 279 g/mol. The van der Waals surface area contributed by atoms with Crippen molar-refractivity contribution in [1.29, 1.82) is 0 Å². The third-order valence-corrected chi connectivity index (χ3v) is 3.44. The summed E-state index contributed by atoms with van der Waals surface area (Å²) in [6.07, 6.45) is 4.10. The predicted molar refractivity (Wildman–Crippen MR) is 72.1 cm³/mol. The van der Waals surface area contributed by atoms with Crippen LogP contribution < -0.4 is 10.1 Å². The maximum Gasteiger partial charge on any atom is 0.174 e. The predicted octanol–water partition coefficient (Wildman–Crippen LogP) is 3.16. The Kier molecular flexibility index (Phi) is 3.71. The van der Waals surface area contributed by atoms with Gasteiger partial charge >= 0.3 is 0 Å². The van der Waals surface area contributed by atoms with E-state index in [0.717, 1.165) is 22.9 Å². The van der Waals surface area contributed by atoms with Gasteiger partial charge in [-0.3, -0.25) is 0 Å². The molecule has 1 saturated carbocycles. The first-order valence-electron chi connectivity index (χ1n) is 6.36. The van der Waals surface area contributed by atoms with Crippen LogP contribution in [0.1, 0.15) is 24.2 Å². The summed E-state index contributed by atoms with van der Waals surface area (Å²) < 4.78 is 10.8. The van der Waals surface area contributed by atoms with Gasteiger partial charge in [-0.25, -0.2) is 0 Å². The van der Waals surface area contributed by atoms with Gasteiger partial charge in [-0.2, -0.15) is 0 Å².